The van der Waals surface area contributed by atoms with Crippen molar-refractivity contribution in [3.05, 3.63) is 22.5 Å². The summed E-state index contributed by atoms with van der Waals surface area (Å²) in [6.07, 6.45) is 0. The quantitative estimate of drug-likeness (QED) is 0.887. The predicted molar refractivity (Wildman–Crippen MR) is 67.6 cm³/mol. The van der Waals surface area contributed by atoms with Gasteiger partial charge in [0.1, 0.15) is 9.22 Å². The Kier molecular flexibility index (Phi) is 3.43. The summed E-state index contributed by atoms with van der Waals surface area (Å²) < 4.78 is 26.3. The summed E-state index contributed by atoms with van der Waals surface area (Å²) in [6.45, 7) is 1.76. The zero-order chi connectivity index (χ0) is 12.5. The minimum Gasteiger partial charge on any atom is -0.322 e. The van der Waals surface area contributed by atoms with Crippen LogP contribution in [0.5, 0.6) is 0 Å². The predicted octanol–water partition coefficient (Wildman–Crippen LogP) is 1.42. The Morgan fingerprint density at radius 2 is 2.24 bits per heavy atom. The van der Waals surface area contributed by atoms with Crippen molar-refractivity contribution < 1.29 is 8.42 Å². The molecule has 2 aromatic rings. The fraction of sp³-hybridized carbons (Fsp3) is 0.250. The number of aromatic nitrogens is 2. The molecule has 9 heteroatoms. The Morgan fingerprint density at radius 3 is 2.76 bits per heavy atom. The summed E-state index contributed by atoms with van der Waals surface area (Å²) in [4.78, 5) is 0. The first-order valence-electron chi connectivity index (χ1n) is 4.64. The Labute approximate surface area is 107 Å². The van der Waals surface area contributed by atoms with Gasteiger partial charge >= 0.3 is 0 Å². The van der Waals surface area contributed by atoms with Gasteiger partial charge in [-0.3, -0.25) is 4.72 Å². The van der Waals surface area contributed by atoms with Crippen molar-refractivity contribution >= 4 is 37.8 Å². The maximum atomic E-state index is 11.8. The van der Waals surface area contributed by atoms with Crippen molar-refractivity contribution in [2.75, 3.05) is 4.72 Å². The largest absolute Gasteiger partial charge is 0.322 e. The highest BCUT2D eigenvalue weighted by Crippen LogP contribution is 2.24. The van der Waals surface area contributed by atoms with Gasteiger partial charge in [0.2, 0.25) is 5.13 Å². The standard InChI is InChI=1S/C8H10N4O2S3/c1-5(9)7-10-11-8(16-7)12-17(13,14)6-3-2-4-15-6/h2-5H,9H2,1H3,(H,11,12). The van der Waals surface area contributed by atoms with E-state index in [2.05, 4.69) is 14.9 Å². The lowest BCUT2D eigenvalue weighted by atomic mass is 10.4. The second-order valence-corrected chi connectivity index (χ2v) is 7.14. The van der Waals surface area contributed by atoms with Crippen LogP contribution in [0.4, 0.5) is 5.13 Å². The topological polar surface area (TPSA) is 98.0 Å². The number of thiophene rings is 1. The van der Waals surface area contributed by atoms with Crippen LogP contribution in [0.1, 0.15) is 18.0 Å². The molecule has 0 aliphatic carbocycles. The SMILES string of the molecule is CC(N)c1nnc(NS(=O)(=O)c2cccs2)s1. The van der Waals surface area contributed by atoms with Crippen LogP contribution >= 0.6 is 22.7 Å². The van der Waals surface area contributed by atoms with Crippen molar-refractivity contribution in [1.82, 2.24) is 10.2 Å². The summed E-state index contributed by atoms with van der Waals surface area (Å²) in [5.41, 5.74) is 5.62. The van der Waals surface area contributed by atoms with Crippen molar-refractivity contribution in [3.63, 3.8) is 0 Å². The lowest BCUT2D eigenvalue weighted by molar-refractivity contribution is 0.603. The highest BCUT2D eigenvalue weighted by molar-refractivity contribution is 7.94. The van der Waals surface area contributed by atoms with E-state index in [4.69, 9.17) is 5.73 Å². The molecule has 1 atom stereocenters. The molecule has 0 saturated carbocycles. The van der Waals surface area contributed by atoms with E-state index in [0.29, 0.717) is 5.01 Å². The van der Waals surface area contributed by atoms with E-state index in [9.17, 15) is 8.42 Å². The third-order valence-electron chi connectivity index (χ3n) is 1.81. The number of hydrogen-bond acceptors (Lipinski definition) is 7. The van der Waals surface area contributed by atoms with Crippen molar-refractivity contribution in [1.29, 1.82) is 0 Å². The molecule has 0 fully saturated rings. The summed E-state index contributed by atoms with van der Waals surface area (Å²) in [7, 11) is -3.55. The number of anilines is 1. The Morgan fingerprint density at radius 1 is 1.47 bits per heavy atom. The van der Waals surface area contributed by atoms with Crippen molar-refractivity contribution in [2.45, 2.75) is 17.2 Å². The molecule has 0 aliphatic rings. The Bertz CT molecular complexity index is 588. The number of hydrogen-bond donors (Lipinski definition) is 2. The van der Waals surface area contributed by atoms with Crippen LogP contribution in [0.3, 0.4) is 0 Å². The molecule has 2 rings (SSSR count). The molecule has 0 bridgehead atoms. The highest BCUT2D eigenvalue weighted by Gasteiger charge is 2.18. The zero-order valence-electron chi connectivity index (χ0n) is 8.82. The van der Waals surface area contributed by atoms with E-state index in [1.807, 2.05) is 0 Å². The Hall–Kier alpha value is -1.03. The summed E-state index contributed by atoms with van der Waals surface area (Å²) in [6, 6.07) is 2.94. The molecule has 0 radical (unpaired) electrons. The molecule has 1 unspecified atom stereocenters. The first-order valence-corrected chi connectivity index (χ1v) is 7.82. The van der Waals surface area contributed by atoms with Crippen LogP contribution in [-0.4, -0.2) is 18.6 Å². The molecule has 17 heavy (non-hydrogen) atoms. The van der Waals surface area contributed by atoms with Gasteiger partial charge < -0.3 is 5.73 Å². The van der Waals surface area contributed by atoms with Crippen LogP contribution in [0.25, 0.3) is 0 Å². The lowest BCUT2D eigenvalue weighted by Crippen LogP contribution is -2.11. The number of nitrogens with two attached hydrogens (primary N) is 1. The minimum atomic E-state index is -3.55. The van der Waals surface area contributed by atoms with Crippen LogP contribution in [0.2, 0.25) is 0 Å². The second-order valence-electron chi connectivity index (χ2n) is 3.27. The van der Waals surface area contributed by atoms with Crippen molar-refractivity contribution in [3.8, 4) is 0 Å². The van der Waals surface area contributed by atoms with E-state index in [-0.39, 0.29) is 15.4 Å². The van der Waals surface area contributed by atoms with Gasteiger partial charge in [-0.15, -0.1) is 21.5 Å². The van der Waals surface area contributed by atoms with Gasteiger partial charge in [-0.05, 0) is 18.4 Å². The average Bonchev–Trinajstić information content (AvgIpc) is 2.85. The molecule has 3 N–H and O–H groups in total. The second kappa shape index (κ2) is 4.69. The molecule has 0 saturated heterocycles. The Balaban J connectivity index is 2.21. The van der Waals surface area contributed by atoms with Gasteiger partial charge in [0.05, 0.1) is 6.04 Å². The number of sulfonamides is 1. The normalized spacial score (nSPS) is 13.5. The van der Waals surface area contributed by atoms with Gasteiger partial charge in [0, 0.05) is 0 Å². The molecule has 6 nitrogen and oxygen atoms in total. The first kappa shape index (κ1) is 12.4. The zero-order valence-corrected chi connectivity index (χ0v) is 11.3. The smallest absolute Gasteiger partial charge is 0.273 e. The van der Waals surface area contributed by atoms with Gasteiger partial charge in [-0.25, -0.2) is 8.42 Å². The first-order chi connectivity index (χ1) is 7.99. The molecule has 2 heterocycles. The number of nitrogens with zero attached hydrogens (tertiary/aromatic N) is 2. The third kappa shape index (κ3) is 2.80. The van der Waals surface area contributed by atoms with Crippen LogP contribution in [0.15, 0.2) is 21.7 Å². The van der Waals surface area contributed by atoms with Crippen LogP contribution in [0, 0.1) is 0 Å². The molecule has 92 valence electrons. The minimum absolute atomic E-state index is 0.228. The van der Waals surface area contributed by atoms with E-state index in [1.165, 1.54) is 6.07 Å². The monoisotopic (exact) mass is 290 g/mol. The van der Waals surface area contributed by atoms with Gasteiger partial charge in [0.15, 0.2) is 0 Å². The maximum Gasteiger partial charge on any atom is 0.273 e. The molecular formula is C8H10N4O2S3. The summed E-state index contributed by atoms with van der Waals surface area (Å²) in [5, 5.41) is 10.1. The average molecular weight is 290 g/mol. The third-order valence-corrected chi connectivity index (χ3v) is 5.72. The molecule has 2 aromatic heterocycles. The number of rotatable bonds is 4. The van der Waals surface area contributed by atoms with Gasteiger partial charge in [0.25, 0.3) is 10.0 Å². The molecule has 0 aromatic carbocycles. The fourth-order valence-electron chi connectivity index (χ4n) is 1.04. The van der Waals surface area contributed by atoms with Gasteiger partial charge in [-0.1, -0.05) is 17.4 Å². The van der Waals surface area contributed by atoms with E-state index in [1.54, 1.807) is 18.4 Å². The summed E-state index contributed by atoms with van der Waals surface area (Å²) in [5.74, 6) is 0. The lowest BCUT2D eigenvalue weighted by Gasteiger charge is -2.00. The molecule has 0 spiro atoms. The van der Waals surface area contributed by atoms with E-state index >= 15 is 0 Å². The van der Waals surface area contributed by atoms with E-state index in [0.717, 1.165) is 22.7 Å². The number of nitrogens with one attached hydrogen (secondary N) is 1. The molecule has 0 aliphatic heterocycles. The van der Waals surface area contributed by atoms with Gasteiger partial charge in [-0.2, -0.15) is 0 Å². The van der Waals surface area contributed by atoms with Crippen LogP contribution in [-0.2, 0) is 10.0 Å². The van der Waals surface area contributed by atoms with Crippen molar-refractivity contribution in [2.24, 2.45) is 5.73 Å². The fourth-order valence-corrected chi connectivity index (χ4v) is 3.96. The van der Waals surface area contributed by atoms with E-state index < -0.39 is 10.0 Å². The highest BCUT2D eigenvalue weighted by atomic mass is 32.2. The van der Waals surface area contributed by atoms with Crippen LogP contribution < -0.4 is 10.5 Å². The maximum absolute atomic E-state index is 11.8. The summed E-state index contributed by atoms with van der Waals surface area (Å²) >= 11 is 2.28. The molecular weight excluding hydrogens is 280 g/mol. The molecule has 0 amide bonds.